The Kier molecular flexibility index (Phi) is 3.06. The zero-order chi connectivity index (χ0) is 11.5. The van der Waals surface area contributed by atoms with Crippen molar-refractivity contribution in [3.63, 3.8) is 0 Å². The van der Waals surface area contributed by atoms with Gasteiger partial charge in [-0.1, -0.05) is 37.3 Å². The zero-order valence-corrected chi connectivity index (χ0v) is 9.09. The lowest BCUT2D eigenvalue weighted by Crippen LogP contribution is -2.25. The van der Waals surface area contributed by atoms with Gasteiger partial charge in [0, 0.05) is 6.42 Å². The van der Waals surface area contributed by atoms with E-state index in [1.807, 2.05) is 30.3 Å². The Morgan fingerprint density at radius 2 is 2.19 bits per heavy atom. The quantitative estimate of drug-likeness (QED) is 0.773. The molecular weight excluding hydrogens is 204 g/mol. The highest BCUT2D eigenvalue weighted by molar-refractivity contribution is 5.70. The first kappa shape index (κ1) is 10.9. The van der Waals surface area contributed by atoms with Crippen molar-refractivity contribution in [3.8, 4) is 0 Å². The van der Waals surface area contributed by atoms with Gasteiger partial charge in [0.05, 0.1) is 0 Å². The molecule has 0 fully saturated rings. The van der Waals surface area contributed by atoms with Crippen molar-refractivity contribution in [1.82, 2.24) is 0 Å². The normalized spacial score (nSPS) is 22.6. The molecule has 0 bridgehead atoms. The molecule has 1 aliphatic carbocycles. The molecule has 1 aromatic rings. The van der Waals surface area contributed by atoms with Crippen LogP contribution in [0.5, 0.6) is 0 Å². The van der Waals surface area contributed by atoms with Gasteiger partial charge in [0.2, 0.25) is 0 Å². The minimum absolute atomic E-state index is 0.298. The third kappa shape index (κ3) is 1.99. The Balaban J connectivity index is 2.21. The summed E-state index contributed by atoms with van der Waals surface area (Å²) in [4.78, 5) is 11.2. The third-order valence-electron chi connectivity index (χ3n) is 2.65. The fraction of sp³-hybridized carbons (Fsp3) is 0.308. The predicted molar refractivity (Wildman–Crippen MR) is 60.6 cm³/mol. The molecule has 1 aromatic carbocycles. The monoisotopic (exact) mass is 218 g/mol. The Morgan fingerprint density at radius 3 is 2.94 bits per heavy atom. The maximum absolute atomic E-state index is 11.2. The minimum atomic E-state index is -0.767. The van der Waals surface area contributed by atoms with Crippen molar-refractivity contribution in [2.45, 2.75) is 25.6 Å². The van der Waals surface area contributed by atoms with Crippen molar-refractivity contribution >= 4 is 12.0 Å². The van der Waals surface area contributed by atoms with E-state index in [1.165, 1.54) is 0 Å². The number of rotatable bonds is 2. The van der Waals surface area contributed by atoms with E-state index >= 15 is 0 Å². The molecule has 2 rings (SSSR count). The highest BCUT2D eigenvalue weighted by Gasteiger charge is 2.26. The van der Waals surface area contributed by atoms with E-state index in [2.05, 4.69) is 0 Å². The molecule has 1 aliphatic rings. The second-order valence-corrected chi connectivity index (χ2v) is 3.74. The third-order valence-corrected chi connectivity index (χ3v) is 2.65. The molecule has 3 heteroatoms. The molecule has 16 heavy (non-hydrogen) atoms. The standard InChI is InChI=1S/C13H14O3/c1-2-12(14)16-11-8-7-9-5-3-4-6-10(9)13(11)15/h3-8,11,13,15H,2H2,1H3/t11-,13-/m0/s1. The number of hydrogen-bond donors (Lipinski definition) is 1. The van der Waals surface area contributed by atoms with E-state index in [0.29, 0.717) is 6.42 Å². The smallest absolute Gasteiger partial charge is 0.306 e. The number of benzene rings is 1. The van der Waals surface area contributed by atoms with Crippen LogP contribution in [0.15, 0.2) is 30.3 Å². The Labute approximate surface area is 94.4 Å². The predicted octanol–water partition coefficient (Wildman–Crippen LogP) is 2.07. The number of hydrogen-bond acceptors (Lipinski definition) is 3. The summed E-state index contributed by atoms with van der Waals surface area (Å²) in [7, 11) is 0. The van der Waals surface area contributed by atoms with Gasteiger partial charge < -0.3 is 9.84 Å². The summed E-state index contributed by atoms with van der Waals surface area (Å²) in [6.07, 6.45) is 2.58. The molecule has 0 aromatic heterocycles. The average Bonchev–Trinajstić information content (AvgIpc) is 2.33. The van der Waals surface area contributed by atoms with Crippen molar-refractivity contribution in [1.29, 1.82) is 0 Å². The maximum atomic E-state index is 11.2. The van der Waals surface area contributed by atoms with Crippen LogP contribution in [0, 0.1) is 0 Å². The van der Waals surface area contributed by atoms with Gasteiger partial charge in [0.25, 0.3) is 0 Å². The summed E-state index contributed by atoms with van der Waals surface area (Å²) in [5.74, 6) is -0.298. The van der Waals surface area contributed by atoms with Gasteiger partial charge >= 0.3 is 5.97 Å². The van der Waals surface area contributed by atoms with Crippen LogP contribution in [-0.2, 0) is 9.53 Å². The van der Waals surface area contributed by atoms with E-state index in [0.717, 1.165) is 11.1 Å². The lowest BCUT2D eigenvalue weighted by Gasteiger charge is -2.25. The van der Waals surface area contributed by atoms with Gasteiger partial charge in [-0.2, -0.15) is 0 Å². The van der Waals surface area contributed by atoms with Crippen molar-refractivity contribution in [3.05, 3.63) is 41.5 Å². The average molecular weight is 218 g/mol. The highest BCUT2D eigenvalue weighted by Crippen LogP contribution is 2.29. The summed E-state index contributed by atoms with van der Waals surface area (Å²) in [5.41, 5.74) is 1.78. The van der Waals surface area contributed by atoms with Gasteiger partial charge in [0.1, 0.15) is 6.10 Å². The highest BCUT2D eigenvalue weighted by atomic mass is 16.6. The maximum Gasteiger partial charge on any atom is 0.306 e. The molecule has 0 aliphatic heterocycles. The second-order valence-electron chi connectivity index (χ2n) is 3.74. The van der Waals surface area contributed by atoms with Crippen LogP contribution in [0.1, 0.15) is 30.6 Å². The van der Waals surface area contributed by atoms with E-state index in [1.54, 1.807) is 13.0 Å². The van der Waals surface area contributed by atoms with Crippen LogP contribution in [-0.4, -0.2) is 17.2 Å². The molecule has 0 saturated heterocycles. The molecule has 3 nitrogen and oxygen atoms in total. The van der Waals surface area contributed by atoms with Gasteiger partial charge in [-0.3, -0.25) is 4.79 Å². The molecule has 0 spiro atoms. The first-order valence-corrected chi connectivity index (χ1v) is 5.37. The van der Waals surface area contributed by atoms with Crippen molar-refractivity contribution < 1.29 is 14.6 Å². The summed E-state index contributed by atoms with van der Waals surface area (Å²) in [6, 6.07) is 7.54. The van der Waals surface area contributed by atoms with E-state index in [4.69, 9.17) is 4.74 Å². The molecule has 0 amide bonds. The Hall–Kier alpha value is -1.61. The molecule has 1 N–H and O–H groups in total. The second kappa shape index (κ2) is 4.49. The van der Waals surface area contributed by atoms with Gasteiger partial charge in [-0.25, -0.2) is 0 Å². The molecule has 2 atom stereocenters. The van der Waals surface area contributed by atoms with Crippen LogP contribution in [0.4, 0.5) is 0 Å². The first-order valence-electron chi connectivity index (χ1n) is 5.37. The van der Waals surface area contributed by atoms with Gasteiger partial charge in [0.15, 0.2) is 6.10 Å². The lowest BCUT2D eigenvalue weighted by molar-refractivity contribution is -0.151. The SMILES string of the molecule is CCC(=O)O[C@H]1C=Cc2ccccc2[C@@H]1O. The molecule has 84 valence electrons. The number of carbonyl (C=O) groups is 1. The number of esters is 1. The summed E-state index contributed by atoms with van der Waals surface area (Å²) < 4.78 is 5.13. The van der Waals surface area contributed by atoms with Crippen LogP contribution in [0.3, 0.4) is 0 Å². The summed E-state index contributed by atoms with van der Waals surface area (Å²) in [5, 5.41) is 10.0. The largest absolute Gasteiger partial charge is 0.455 e. The number of carbonyl (C=O) groups excluding carboxylic acids is 1. The Morgan fingerprint density at radius 1 is 1.44 bits per heavy atom. The van der Waals surface area contributed by atoms with Crippen LogP contribution >= 0.6 is 0 Å². The summed E-state index contributed by atoms with van der Waals surface area (Å²) >= 11 is 0. The molecule has 0 saturated carbocycles. The van der Waals surface area contributed by atoms with Gasteiger partial charge in [-0.05, 0) is 17.2 Å². The molecule has 0 radical (unpaired) electrons. The number of aliphatic hydroxyl groups excluding tert-OH is 1. The van der Waals surface area contributed by atoms with Crippen LogP contribution in [0.25, 0.3) is 6.08 Å². The van der Waals surface area contributed by atoms with E-state index in [-0.39, 0.29) is 5.97 Å². The number of aliphatic hydroxyl groups is 1. The topological polar surface area (TPSA) is 46.5 Å². The summed E-state index contributed by atoms with van der Waals surface area (Å²) in [6.45, 7) is 1.73. The number of fused-ring (bicyclic) bond motifs is 1. The molecule has 0 heterocycles. The lowest BCUT2D eigenvalue weighted by atomic mass is 9.93. The fourth-order valence-electron chi connectivity index (χ4n) is 1.75. The minimum Gasteiger partial charge on any atom is -0.455 e. The fourth-order valence-corrected chi connectivity index (χ4v) is 1.75. The molecule has 0 unspecified atom stereocenters. The molecular formula is C13H14O3. The van der Waals surface area contributed by atoms with E-state index < -0.39 is 12.2 Å². The first-order chi connectivity index (χ1) is 7.72. The van der Waals surface area contributed by atoms with Crippen LogP contribution < -0.4 is 0 Å². The number of ether oxygens (including phenoxy) is 1. The van der Waals surface area contributed by atoms with E-state index in [9.17, 15) is 9.90 Å². The van der Waals surface area contributed by atoms with Crippen molar-refractivity contribution in [2.75, 3.05) is 0 Å². The van der Waals surface area contributed by atoms with Crippen LogP contribution in [0.2, 0.25) is 0 Å². The van der Waals surface area contributed by atoms with Crippen molar-refractivity contribution in [2.24, 2.45) is 0 Å². The Bertz CT molecular complexity index is 423. The van der Waals surface area contributed by atoms with Gasteiger partial charge in [-0.15, -0.1) is 0 Å². The zero-order valence-electron chi connectivity index (χ0n) is 9.09.